The Labute approximate surface area is 81.1 Å². The van der Waals surface area contributed by atoms with Gasteiger partial charge in [0.1, 0.15) is 6.54 Å². The molecule has 1 atom stereocenters. The van der Waals surface area contributed by atoms with Crippen LogP contribution in [-0.4, -0.2) is 38.3 Å². The van der Waals surface area contributed by atoms with Crippen LogP contribution in [-0.2, 0) is 4.74 Å². The van der Waals surface area contributed by atoms with E-state index < -0.39 is 0 Å². The molecule has 0 amide bonds. The van der Waals surface area contributed by atoms with Crippen LogP contribution >= 0.6 is 0 Å². The average molecular weight is 182 g/mol. The van der Waals surface area contributed by atoms with Crippen LogP contribution in [0.3, 0.4) is 0 Å². The van der Waals surface area contributed by atoms with E-state index in [4.69, 9.17) is 4.74 Å². The highest BCUT2D eigenvalue weighted by Gasteiger charge is 2.17. The van der Waals surface area contributed by atoms with Crippen LogP contribution in [0.15, 0.2) is 24.4 Å². The summed E-state index contributed by atoms with van der Waals surface area (Å²) in [6, 6.07) is 0. The van der Waals surface area contributed by atoms with Gasteiger partial charge < -0.3 is 4.74 Å². The van der Waals surface area contributed by atoms with Gasteiger partial charge in [-0.3, -0.25) is 4.48 Å². The van der Waals surface area contributed by atoms with Gasteiger partial charge in [-0.25, -0.2) is 0 Å². The minimum Gasteiger partial charge on any atom is -0.385 e. The lowest BCUT2D eigenvalue weighted by atomic mass is 10.2. The number of likely N-dealkylation sites (N-methyl/N-ethyl adjacent to an activating group) is 1. The molecular formula is C11H20NO+. The second-order valence-electron chi connectivity index (χ2n) is 3.86. The van der Waals surface area contributed by atoms with Crippen LogP contribution in [0.1, 0.15) is 12.8 Å². The molecule has 74 valence electrons. The lowest BCUT2D eigenvalue weighted by molar-refractivity contribution is -0.854. The molecule has 2 heteroatoms. The number of ether oxygens (including phenoxy) is 1. The number of allylic oxidation sites excluding steroid dienone is 2. The highest BCUT2D eigenvalue weighted by molar-refractivity contribution is 5.03. The van der Waals surface area contributed by atoms with Crippen molar-refractivity contribution in [3.05, 3.63) is 24.4 Å². The van der Waals surface area contributed by atoms with Crippen molar-refractivity contribution in [2.75, 3.05) is 33.9 Å². The zero-order valence-corrected chi connectivity index (χ0v) is 8.70. The lowest BCUT2D eigenvalue weighted by Crippen LogP contribution is -2.40. The van der Waals surface area contributed by atoms with Gasteiger partial charge in [0.2, 0.25) is 0 Å². The van der Waals surface area contributed by atoms with E-state index in [1.807, 2.05) is 0 Å². The molecule has 1 heterocycles. The maximum atomic E-state index is 5.03. The van der Waals surface area contributed by atoms with Crippen molar-refractivity contribution in [1.82, 2.24) is 0 Å². The molecule has 1 rings (SSSR count). The van der Waals surface area contributed by atoms with E-state index in [9.17, 15) is 0 Å². The molecule has 0 radical (unpaired) electrons. The highest BCUT2D eigenvalue weighted by Crippen LogP contribution is 2.10. The van der Waals surface area contributed by atoms with Gasteiger partial charge in [-0.2, -0.15) is 0 Å². The van der Waals surface area contributed by atoms with E-state index in [-0.39, 0.29) is 0 Å². The summed E-state index contributed by atoms with van der Waals surface area (Å²) in [5, 5.41) is 0. The Morgan fingerprint density at radius 3 is 2.77 bits per heavy atom. The topological polar surface area (TPSA) is 9.23 Å². The third kappa shape index (κ3) is 3.75. The Bertz CT molecular complexity index is 198. The Hall–Kier alpha value is -0.600. The van der Waals surface area contributed by atoms with Gasteiger partial charge >= 0.3 is 0 Å². The largest absolute Gasteiger partial charge is 0.385 e. The summed E-state index contributed by atoms with van der Waals surface area (Å²) >= 11 is 0. The number of quaternary nitrogens is 1. The normalized spacial score (nSPS) is 26.6. The van der Waals surface area contributed by atoms with E-state index in [2.05, 4.69) is 31.5 Å². The molecule has 0 bridgehead atoms. The molecule has 13 heavy (non-hydrogen) atoms. The van der Waals surface area contributed by atoms with Crippen LogP contribution < -0.4 is 0 Å². The molecule has 2 nitrogen and oxygen atoms in total. The molecule has 1 unspecified atom stereocenters. The monoisotopic (exact) mass is 182 g/mol. The molecule has 0 aromatic carbocycles. The van der Waals surface area contributed by atoms with Crippen molar-refractivity contribution in [1.29, 1.82) is 0 Å². The molecule has 0 spiro atoms. The van der Waals surface area contributed by atoms with E-state index in [0.717, 1.165) is 17.6 Å². The summed E-state index contributed by atoms with van der Waals surface area (Å²) in [5.74, 6) is 0. The molecule has 1 aliphatic rings. The van der Waals surface area contributed by atoms with Crippen molar-refractivity contribution in [2.45, 2.75) is 12.8 Å². The fraction of sp³-hybridized carbons (Fsp3) is 0.636. The van der Waals surface area contributed by atoms with Crippen molar-refractivity contribution < 1.29 is 9.22 Å². The fourth-order valence-electron chi connectivity index (χ4n) is 1.58. The summed E-state index contributed by atoms with van der Waals surface area (Å²) in [6.07, 6.45) is 11.2. The predicted molar refractivity (Wildman–Crippen MR) is 55.3 cm³/mol. The zero-order chi connectivity index (χ0) is 9.57. The second-order valence-corrected chi connectivity index (χ2v) is 3.86. The van der Waals surface area contributed by atoms with E-state index in [0.29, 0.717) is 0 Å². The third-order valence-electron chi connectivity index (χ3n) is 2.48. The summed E-state index contributed by atoms with van der Waals surface area (Å²) in [5.41, 5.74) is 0. The Morgan fingerprint density at radius 1 is 1.31 bits per heavy atom. The second kappa shape index (κ2) is 5.20. The molecule has 0 fully saturated rings. The number of nitrogens with zero attached hydrogens (tertiary/aromatic N) is 1. The maximum absolute atomic E-state index is 5.03. The zero-order valence-electron chi connectivity index (χ0n) is 8.70. The number of unbranched alkanes of at least 4 members (excludes halogenated alkanes) is 1. The van der Waals surface area contributed by atoms with E-state index in [1.165, 1.54) is 19.4 Å². The van der Waals surface area contributed by atoms with Crippen LogP contribution in [0.5, 0.6) is 0 Å². The third-order valence-corrected chi connectivity index (χ3v) is 2.48. The van der Waals surface area contributed by atoms with E-state index in [1.54, 1.807) is 7.11 Å². The Morgan fingerprint density at radius 2 is 2.15 bits per heavy atom. The molecular weight excluding hydrogens is 162 g/mol. The summed E-state index contributed by atoms with van der Waals surface area (Å²) in [6.45, 7) is 3.23. The standard InChI is InChI=1S/C11H20NO/c1-12(8-4-3-5-9-12)10-6-7-11-13-2/h3-5,8H,6-7,9-11H2,1-2H3/q+1. The number of methoxy groups -OCH3 is 1. The number of hydrogen-bond donors (Lipinski definition) is 0. The van der Waals surface area contributed by atoms with Gasteiger partial charge in [0.25, 0.3) is 0 Å². The minimum absolute atomic E-state index is 0.888. The summed E-state index contributed by atoms with van der Waals surface area (Å²) < 4.78 is 6.07. The first-order chi connectivity index (χ1) is 6.27. The van der Waals surface area contributed by atoms with Crippen LogP contribution in [0, 0.1) is 0 Å². The highest BCUT2D eigenvalue weighted by atomic mass is 16.5. The van der Waals surface area contributed by atoms with Crippen LogP contribution in [0.2, 0.25) is 0 Å². The van der Waals surface area contributed by atoms with Crippen molar-refractivity contribution in [2.24, 2.45) is 0 Å². The molecule has 0 aromatic heterocycles. The first-order valence-corrected chi connectivity index (χ1v) is 4.94. The van der Waals surface area contributed by atoms with Gasteiger partial charge in [0, 0.05) is 13.7 Å². The van der Waals surface area contributed by atoms with Crippen molar-refractivity contribution >= 4 is 0 Å². The first-order valence-electron chi connectivity index (χ1n) is 4.94. The van der Waals surface area contributed by atoms with E-state index >= 15 is 0 Å². The molecule has 0 saturated heterocycles. The molecule has 0 aromatic rings. The van der Waals surface area contributed by atoms with Crippen molar-refractivity contribution in [3.63, 3.8) is 0 Å². The Kier molecular flexibility index (Phi) is 4.19. The van der Waals surface area contributed by atoms with Gasteiger partial charge in [-0.1, -0.05) is 6.08 Å². The van der Waals surface area contributed by atoms with Gasteiger partial charge in [-0.15, -0.1) is 0 Å². The maximum Gasteiger partial charge on any atom is 0.102 e. The molecule has 0 aliphatic carbocycles. The van der Waals surface area contributed by atoms with Gasteiger partial charge in [0.15, 0.2) is 0 Å². The van der Waals surface area contributed by atoms with Crippen LogP contribution in [0.25, 0.3) is 0 Å². The van der Waals surface area contributed by atoms with Crippen molar-refractivity contribution in [3.8, 4) is 0 Å². The quantitative estimate of drug-likeness (QED) is 0.466. The SMILES string of the molecule is COCCCC[N+]1(C)C=CC=CC1. The van der Waals surface area contributed by atoms with Gasteiger partial charge in [-0.05, 0) is 25.0 Å². The molecule has 0 N–H and O–H groups in total. The van der Waals surface area contributed by atoms with Crippen LogP contribution in [0.4, 0.5) is 0 Å². The smallest absolute Gasteiger partial charge is 0.102 e. The lowest BCUT2D eigenvalue weighted by Gasteiger charge is -2.30. The fourth-order valence-corrected chi connectivity index (χ4v) is 1.58. The molecule has 0 saturated carbocycles. The van der Waals surface area contributed by atoms with Gasteiger partial charge in [0.05, 0.1) is 19.8 Å². The predicted octanol–water partition coefficient (Wildman–Crippen LogP) is 1.94. The minimum atomic E-state index is 0.888. The number of hydrogen-bond acceptors (Lipinski definition) is 1. The first kappa shape index (κ1) is 10.5. The summed E-state index contributed by atoms with van der Waals surface area (Å²) in [7, 11) is 4.03. The summed E-state index contributed by atoms with van der Waals surface area (Å²) in [4.78, 5) is 0. The molecule has 1 aliphatic heterocycles. The Balaban J connectivity index is 2.19. The number of rotatable bonds is 5. The average Bonchev–Trinajstić information content (AvgIpc) is 2.14.